The lowest BCUT2D eigenvalue weighted by atomic mass is 10.1. The molecule has 0 saturated heterocycles. The minimum absolute atomic E-state index is 0.0380. The second kappa shape index (κ2) is 8.91. The van der Waals surface area contributed by atoms with Crippen molar-refractivity contribution in [3.63, 3.8) is 0 Å². The lowest BCUT2D eigenvalue weighted by Gasteiger charge is -2.25. The van der Waals surface area contributed by atoms with E-state index in [0.717, 1.165) is 0 Å². The topological polar surface area (TPSA) is 88.9 Å². The van der Waals surface area contributed by atoms with Crippen LogP contribution in [0.3, 0.4) is 0 Å². The number of benzene rings is 2. The summed E-state index contributed by atoms with van der Waals surface area (Å²) in [7, 11) is 0. The number of amides is 1. The van der Waals surface area contributed by atoms with Crippen LogP contribution in [0.15, 0.2) is 42.5 Å². The van der Waals surface area contributed by atoms with Crippen LogP contribution in [0.25, 0.3) is 0 Å². The van der Waals surface area contributed by atoms with Gasteiger partial charge in [0.1, 0.15) is 19.0 Å². The fourth-order valence-electron chi connectivity index (χ4n) is 2.77. The minimum atomic E-state index is -0.289. The summed E-state index contributed by atoms with van der Waals surface area (Å²) in [4.78, 5) is 25.5. The molecule has 1 amide bonds. The molecule has 1 heterocycles. The van der Waals surface area contributed by atoms with Crippen molar-refractivity contribution in [3.8, 4) is 23.3 Å². The molecule has 2 aromatic carbocycles. The van der Waals surface area contributed by atoms with Crippen molar-refractivity contribution in [2.24, 2.45) is 0 Å². The molecule has 7 nitrogen and oxygen atoms in total. The predicted octanol–water partition coefficient (Wildman–Crippen LogP) is 2.99. The van der Waals surface area contributed by atoms with Gasteiger partial charge in [0.25, 0.3) is 5.91 Å². The van der Waals surface area contributed by atoms with Gasteiger partial charge >= 0.3 is 0 Å². The molecule has 1 aliphatic rings. The predicted molar refractivity (Wildman–Crippen MR) is 102 cm³/mol. The Morgan fingerprint density at radius 1 is 1.11 bits per heavy atom. The molecule has 0 spiro atoms. The van der Waals surface area contributed by atoms with Crippen molar-refractivity contribution in [2.45, 2.75) is 13.3 Å². The Morgan fingerprint density at radius 2 is 1.82 bits per heavy atom. The number of carbonyl (C=O) groups excluding carboxylic acids is 2. The Labute approximate surface area is 163 Å². The number of carbonyl (C=O) groups is 2. The summed E-state index contributed by atoms with van der Waals surface area (Å²) in [6.45, 7) is 2.46. The molecule has 1 aliphatic heterocycles. The lowest BCUT2D eigenvalue weighted by molar-refractivity contribution is -0.120. The van der Waals surface area contributed by atoms with Crippen LogP contribution in [-0.2, 0) is 4.79 Å². The summed E-state index contributed by atoms with van der Waals surface area (Å²) < 4.78 is 16.6. The normalized spacial score (nSPS) is 12.0. The van der Waals surface area contributed by atoms with Crippen LogP contribution >= 0.6 is 0 Å². The molecule has 0 bridgehead atoms. The fourth-order valence-corrected chi connectivity index (χ4v) is 2.77. The molecule has 3 rings (SSSR count). The first-order valence-corrected chi connectivity index (χ1v) is 8.89. The number of anilines is 1. The van der Waals surface area contributed by atoms with Gasteiger partial charge in [0.15, 0.2) is 23.9 Å². The first-order chi connectivity index (χ1) is 13.6. The minimum Gasteiger partial charge on any atom is -0.486 e. The number of ketones is 1. The van der Waals surface area contributed by atoms with Crippen LogP contribution in [0, 0.1) is 11.3 Å². The number of ether oxygens (including phenoxy) is 3. The van der Waals surface area contributed by atoms with Crippen LogP contribution in [0.5, 0.6) is 17.2 Å². The average molecular weight is 380 g/mol. The van der Waals surface area contributed by atoms with Gasteiger partial charge in [-0.25, -0.2) is 0 Å². The van der Waals surface area contributed by atoms with E-state index in [2.05, 4.69) is 6.07 Å². The molecule has 0 saturated carbocycles. The van der Waals surface area contributed by atoms with Crippen molar-refractivity contribution in [1.82, 2.24) is 0 Å². The molecule has 0 unspecified atom stereocenters. The molecule has 0 aromatic heterocycles. The summed E-state index contributed by atoms with van der Waals surface area (Å²) in [6.07, 6.45) is 0.188. The molecule has 2 aromatic rings. The smallest absolute Gasteiger partial charge is 0.264 e. The molecule has 7 heteroatoms. The highest BCUT2D eigenvalue weighted by Crippen LogP contribution is 2.34. The van der Waals surface area contributed by atoms with Gasteiger partial charge in [-0.1, -0.05) is 0 Å². The van der Waals surface area contributed by atoms with Crippen molar-refractivity contribution in [1.29, 1.82) is 5.26 Å². The molecule has 0 N–H and O–H groups in total. The third kappa shape index (κ3) is 4.60. The van der Waals surface area contributed by atoms with Gasteiger partial charge in [-0.15, -0.1) is 0 Å². The molecule has 0 atom stereocenters. The maximum Gasteiger partial charge on any atom is 0.264 e. The standard InChI is InChI=1S/C21H20N2O5/c1-15(24)16-3-6-18(7-4-16)28-14-21(25)23(10-2-9-22)17-5-8-19-20(13-17)27-12-11-26-19/h3-8,13H,2,10-12,14H2,1H3. The Morgan fingerprint density at radius 3 is 2.50 bits per heavy atom. The highest BCUT2D eigenvalue weighted by molar-refractivity contribution is 5.95. The number of rotatable bonds is 7. The first kappa shape index (κ1) is 19.2. The highest BCUT2D eigenvalue weighted by Gasteiger charge is 2.20. The van der Waals surface area contributed by atoms with Crippen LogP contribution in [-0.4, -0.2) is 38.1 Å². The number of nitrogens with zero attached hydrogens (tertiary/aromatic N) is 2. The molecule has 0 aliphatic carbocycles. The summed E-state index contributed by atoms with van der Waals surface area (Å²) in [5, 5.41) is 8.92. The van der Waals surface area contributed by atoms with Crippen LogP contribution in [0.4, 0.5) is 5.69 Å². The summed E-state index contributed by atoms with van der Waals surface area (Å²) in [6, 6.07) is 13.9. The zero-order valence-electron chi connectivity index (χ0n) is 15.5. The average Bonchev–Trinajstić information content (AvgIpc) is 2.72. The van der Waals surface area contributed by atoms with Gasteiger partial charge in [-0.3, -0.25) is 9.59 Å². The Balaban J connectivity index is 1.71. The highest BCUT2D eigenvalue weighted by atomic mass is 16.6. The second-order valence-electron chi connectivity index (χ2n) is 6.15. The first-order valence-electron chi connectivity index (χ1n) is 8.89. The van der Waals surface area contributed by atoms with Gasteiger partial charge in [0, 0.05) is 23.9 Å². The van der Waals surface area contributed by atoms with Gasteiger partial charge in [-0.05, 0) is 43.3 Å². The quantitative estimate of drug-likeness (QED) is 0.686. The molecular weight excluding hydrogens is 360 g/mol. The van der Waals surface area contributed by atoms with Crippen LogP contribution in [0.2, 0.25) is 0 Å². The SMILES string of the molecule is CC(=O)c1ccc(OCC(=O)N(CCC#N)c2ccc3c(c2)OCCO3)cc1. The molecule has 0 fully saturated rings. The number of nitriles is 1. The van der Waals surface area contributed by atoms with E-state index in [-0.39, 0.29) is 31.3 Å². The summed E-state index contributed by atoms with van der Waals surface area (Å²) >= 11 is 0. The Bertz CT molecular complexity index is 902. The third-order valence-electron chi connectivity index (χ3n) is 4.21. The zero-order chi connectivity index (χ0) is 19.9. The monoisotopic (exact) mass is 380 g/mol. The fraction of sp³-hybridized carbons (Fsp3) is 0.286. The van der Waals surface area contributed by atoms with E-state index in [9.17, 15) is 9.59 Å². The summed E-state index contributed by atoms with van der Waals surface area (Å²) in [5.74, 6) is 1.36. The van der Waals surface area contributed by atoms with Crippen molar-refractivity contribution >= 4 is 17.4 Å². The zero-order valence-corrected chi connectivity index (χ0v) is 15.5. The number of hydrogen-bond acceptors (Lipinski definition) is 6. The van der Waals surface area contributed by atoms with Crippen molar-refractivity contribution < 1.29 is 23.8 Å². The van der Waals surface area contributed by atoms with E-state index >= 15 is 0 Å². The van der Waals surface area contributed by atoms with E-state index in [1.807, 2.05) is 0 Å². The number of Topliss-reactive ketones (excluding diaryl/α,β-unsaturated/α-hetero) is 1. The van der Waals surface area contributed by atoms with Crippen molar-refractivity contribution in [3.05, 3.63) is 48.0 Å². The van der Waals surface area contributed by atoms with E-state index in [1.165, 1.54) is 11.8 Å². The van der Waals surface area contributed by atoms with E-state index in [0.29, 0.717) is 41.7 Å². The van der Waals surface area contributed by atoms with Crippen molar-refractivity contribution in [2.75, 3.05) is 31.3 Å². The molecule has 28 heavy (non-hydrogen) atoms. The van der Waals surface area contributed by atoms with E-state index < -0.39 is 0 Å². The molecule has 0 radical (unpaired) electrons. The van der Waals surface area contributed by atoms with E-state index in [1.54, 1.807) is 42.5 Å². The maximum absolute atomic E-state index is 12.7. The number of hydrogen-bond donors (Lipinski definition) is 0. The van der Waals surface area contributed by atoms with Gasteiger partial charge in [0.05, 0.1) is 12.5 Å². The maximum atomic E-state index is 12.7. The van der Waals surface area contributed by atoms with Crippen LogP contribution < -0.4 is 19.1 Å². The summed E-state index contributed by atoms with van der Waals surface area (Å²) in [5.41, 5.74) is 1.19. The van der Waals surface area contributed by atoms with Gasteiger partial charge in [-0.2, -0.15) is 5.26 Å². The van der Waals surface area contributed by atoms with Gasteiger partial charge < -0.3 is 19.1 Å². The van der Waals surface area contributed by atoms with Crippen LogP contribution in [0.1, 0.15) is 23.7 Å². The molecular formula is C21H20N2O5. The van der Waals surface area contributed by atoms with E-state index in [4.69, 9.17) is 19.5 Å². The third-order valence-corrected chi connectivity index (χ3v) is 4.21. The Hall–Kier alpha value is -3.53. The number of fused-ring (bicyclic) bond motifs is 1. The van der Waals surface area contributed by atoms with Gasteiger partial charge in [0.2, 0.25) is 0 Å². The largest absolute Gasteiger partial charge is 0.486 e. The lowest BCUT2D eigenvalue weighted by Crippen LogP contribution is -2.35. The molecule has 144 valence electrons. The second-order valence-corrected chi connectivity index (χ2v) is 6.15. The Kier molecular flexibility index (Phi) is 6.12.